The van der Waals surface area contributed by atoms with Gasteiger partial charge in [-0.15, -0.1) is 0 Å². The Morgan fingerprint density at radius 2 is 1.94 bits per heavy atom. The van der Waals surface area contributed by atoms with E-state index in [1.54, 1.807) is 0 Å². The van der Waals surface area contributed by atoms with Gasteiger partial charge >= 0.3 is 0 Å². The van der Waals surface area contributed by atoms with Gasteiger partial charge in [-0.2, -0.15) is 0 Å². The summed E-state index contributed by atoms with van der Waals surface area (Å²) in [5.74, 6) is 1.51. The average molecular weight is 244 g/mol. The minimum absolute atomic E-state index is 0.653. The number of hydrogen-bond acceptors (Lipinski definition) is 3. The summed E-state index contributed by atoms with van der Waals surface area (Å²) in [4.78, 5) is 9.12. The highest BCUT2D eigenvalue weighted by molar-refractivity contribution is 5.83. The highest BCUT2D eigenvalue weighted by Crippen LogP contribution is 2.33. The lowest BCUT2D eigenvalue weighted by Gasteiger charge is -2.22. The van der Waals surface area contributed by atoms with Crippen molar-refractivity contribution in [2.75, 3.05) is 13.1 Å². The van der Waals surface area contributed by atoms with Crippen molar-refractivity contribution in [1.82, 2.24) is 19.9 Å². The van der Waals surface area contributed by atoms with Gasteiger partial charge in [0.2, 0.25) is 0 Å². The smallest absolute Gasteiger partial charge is 0.143 e. The molecule has 0 aromatic carbocycles. The van der Waals surface area contributed by atoms with Crippen LogP contribution in [0.3, 0.4) is 0 Å². The van der Waals surface area contributed by atoms with Crippen LogP contribution in [0.2, 0.25) is 0 Å². The van der Waals surface area contributed by atoms with Crippen molar-refractivity contribution in [3.8, 4) is 0 Å². The summed E-state index contributed by atoms with van der Waals surface area (Å²) < 4.78 is 2.15. The Hall–Kier alpha value is -1.42. The van der Waals surface area contributed by atoms with E-state index in [0.29, 0.717) is 5.92 Å². The molecule has 1 saturated heterocycles. The highest BCUT2D eigenvalue weighted by atomic mass is 15.0. The maximum atomic E-state index is 4.59. The molecule has 1 aliphatic rings. The number of nitrogens with zero attached hydrogens (tertiary/aromatic N) is 3. The molecule has 3 heterocycles. The molecule has 1 aliphatic heterocycles. The molecule has 0 bridgehead atoms. The fourth-order valence-corrected chi connectivity index (χ4v) is 3.06. The van der Waals surface area contributed by atoms with E-state index in [0.717, 1.165) is 30.3 Å². The van der Waals surface area contributed by atoms with E-state index in [4.69, 9.17) is 0 Å². The fourth-order valence-electron chi connectivity index (χ4n) is 3.06. The molecule has 4 nitrogen and oxygen atoms in total. The lowest BCUT2D eigenvalue weighted by Crippen LogP contribution is -2.26. The average Bonchev–Trinajstić information content (AvgIpc) is 2.68. The number of aryl methyl sites for hydroxylation is 3. The highest BCUT2D eigenvalue weighted by Gasteiger charge is 2.21. The number of rotatable bonds is 1. The first-order valence-electron chi connectivity index (χ1n) is 6.67. The minimum Gasteiger partial charge on any atom is -0.335 e. The molecule has 0 amide bonds. The molecule has 1 fully saturated rings. The zero-order valence-electron chi connectivity index (χ0n) is 11.3. The van der Waals surface area contributed by atoms with Crippen LogP contribution in [0.15, 0.2) is 6.20 Å². The molecule has 96 valence electrons. The van der Waals surface area contributed by atoms with Gasteiger partial charge in [-0.05, 0) is 51.3 Å². The molecule has 0 unspecified atom stereocenters. The summed E-state index contributed by atoms with van der Waals surface area (Å²) in [6.45, 7) is 6.30. The Morgan fingerprint density at radius 3 is 2.67 bits per heavy atom. The molecule has 0 spiro atoms. The Bertz CT molecular complexity index is 579. The van der Waals surface area contributed by atoms with Crippen molar-refractivity contribution in [2.24, 2.45) is 7.05 Å². The number of piperidine rings is 1. The molecule has 0 radical (unpaired) electrons. The van der Waals surface area contributed by atoms with Gasteiger partial charge in [0.25, 0.3) is 0 Å². The molecule has 18 heavy (non-hydrogen) atoms. The number of aromatic nitrogens is 3. The first kappa shape index (κ1) is 11.7. The van der Waals surface area contributed by atoms with Crippen LogP contribution in [-0.2, 0) is 7.05 Å². The summed E-state index contributed by atoms with van der Waals surface area (Å²) in [6.07, 6.45) is 4.68. The predicted octanol–water partition coefficient (Wildman–Crippen LogP) is 2.05. The van der Waals surface area contributed by atoms with Crippen molar-refractivity contribution in [3.05, 3.63) is 23.3 Å². The molecule has 2 aromatic rings. The molecule has 0 atom stereocenters. The number of nitrogens with one attached hydrogen (secondary N) is 1. The molecule has 2 aromatic heterocycles. The number of hydrogen-bond donors (Lipinski definition) is 1. The predicted molar refractivity (Wildman–Crippen MR) is 72.8 cm³/mol. The summed E-state index contributed by atoms with van der Waals surface area (Å²) in [5, 5.41) is 4.70. The summed E-state index contributed by atoms with van der Waals surface area (Å²) in [6, 6.07) is 0. The second-order valence-electron chi connectivity index (χ2n) is 5.27. The third-order valence-electron chi connectivity index (χ3n) is 3.92. The van der Waals surface area contributed by atoms with Crippen molar-refractivity contribution in [3.63, 3.8) is 0 Å². The van der Waals surface area contributed by atoms with Gasteiger partial charge in [0, 0.05) is 18.6 Å². The van der Waals surface area contributed by atoms with Crippen molar-refractivity contribution < 1.29 is 0 Å². The standard InChI is InChI=1S/C14H20N4/c1-9-13-12(11-4-6-15-7-5-11)8-18(3)14(13)17-10(2)16-9/h8,11,15H,4-7H2,1-3H3. The van der Waals surface area contributed by atoms with Crippen LogP contribution in [0.5, 0.6) is 0 Å². The van der Waals surface area contributed by atoms with E-state index < -0.39 is 0 Å². The van der Waals surface area contributed by atoms with E-state index >= 15 is 0 Å². The second-order valence-corrected chi connectivity index (χ2v) is 5.27. The largest absolute Gasteiger partial charge is 0.335 e. The van der Waals surface area contributed by atoms with Crippen molar-refractivity contribution in [1.29, 1.82) is 0 Å². The molecular weight excluding hydrogens is 224 g/mol. The second kappa shape index (κ2) is 4.35. The Kier molecular flexibility index (Phi) is 2.82. The van der Waals surface area contributed by atoms with E-state index in [1.807, 2.05) is 6.92 Å². The van der Waals surface area contributed by atoms with Crippen LogP contribution >= 0.6 is 0 Å². The van der Waals surface area contributed by atoms with E-state index in [2.05, 4.69) is 40.0 Å². The lowest BCUT2D eigenvalue weighted by atomic mass is 9.90. The van der Waals surface area contributed by atoms with Crippen LogP contribution in [0, 0.1) is 13.8 Å². The maximum Gasteiger partial charge on any atom is 0.143 e. The van der Waals surface area contributed by atoms with Gasteiger partial charge in [-0.3, -0.25) is 0 Å². The van der Waals surface area contributed by atoms with Gasteiger partial charge in [0.05, 0.1) is 5.69 Å². The zero-order chi connectivity index (χ0) is 12.7. The summed E-state index contributed by atoms with van der Waals surface area (Å²) in [7, 11) is 2.08. The van der Waals surface area contributed by atoms with E-state index in [-0.39, 0.29) is 0 Å². The molecule has 3 rings (SSSR count). The molecule has 0 aliphatic carbocycles. The van der Waals surface area contributed by atoms with E-state index in [9.17, 15) is 0 Å². The van der Waals surface area contributed by atoms with Crippen LogP contribution in [0.4, 0.5) is 0 Å². The first-order chi connectivity index (χ1) is 8.66. The van der Waals surface area contributed by atoms with Gasteiger partial charge < -0.3 is 9.88 Å². The van der Waals surface area contributed by atoms with Gasteiger partial charge in [-0.1, -0.05) is 0 Å². The zero-order valence-corrected chi connectivity index (χ0v) is 11.3. The lowest BCUT2D eigenvalue weighted by molar-refractivity contribution is 0.461. The van der Waals surface area contributed by atoms with Gasteiger partial charge in [0.1, 0.15) is 11.5 Å². The maximum absolute atomic E-state index is 4.59. The van der Waals surface area contributed by atoms with Crippen LogP contribution in [0.25, 0.3) is 11.0 Å². The van der Waals surface area contributed by atoms with Crippen LogP contribution in [-0.4, -0.2) is 27.6 Å². The normalized spacial score (nSPS) is 17.5. The van der Waals surface area contributed by atoms with E-state index in [1.165, 1.54) is 23.8 Å². The van der Waals surface area contributed by atoms with Crippen LogP contribution < -0.4 is 5.32 Å². The topological polar surface area (TPSA) is 42.7 Å². The van der Waals surface area contributed by atoms with Gasteiger partial charge in [0.15, 0.2) is 0 Å². The quantitative estimate of drug-likeness (QED) is 0.835. The van der Waals surface area contributed by atoms with Gasteiger partial charge in [-0.25, -0.2) is 9.97 Å². The van der Waals surface area contributed by atoms with Crippen molar-refractivity contribution in [2.45, 2.75) is 32.6 Å². The Morgan fingerprint density at radius 1 is 1.22 bits per heavy atom. The summed E-state index contributed by atoms with van der Waals surface area (Å²) >= 11 is 0. The SMILES string of the molecule is Cc1nc(C)c2c(C3CCNCC3)cn(C)c2n1. The molecule has 1 N–H and O–H groups in total. The minimum atomic E-state index is 0.653. The first-order valence-corrected chi connectivity index (χ1v) is 6.67. The van der Waals surface area contributed by atoms with Crippen LogP contribution in [0.1, 0.15) is 35.8 Å². The third kappa shape index (κ3) is 1.81. The summed E-state index contributed by atoms with van der Waals surface area (Å²) in [5.41, 5.74) is 3.63. The Labute approximate surface area is 107 Å². The van der Waals surface area contributed by atoms with Crippen molar-refractivity contribution >= 4 is 11.0 Å². The molecule has 4 heteroatoms. The fraction of sp³-hybridized carbons (Fsp3) is 0.571. The monoisotopic (exact) mass is 244 g/mol. The number of fused-ring (bicyclic) bond motifs is 1. The Balaban J connectivity index is 2.17. The molecular formula is C14H20N4. The third-order valence-corrected chi connectivity index (χ3v) is 3.92. The molecule has 0 saturated carbocycles.